The highest BCUT2D eigenvalue weighted by Gasteiger charge is 2.37. The van der Waals surface area contributed by atoms with Gasteiger partial charge in [-0.15, -0.1) is 16.1 Å². The second kappa shape index (κ2) is 13.5. The van der Waals surface area contributed by atoms with Crippen molar-refractivity contribution in [3.63, 3.8) is 0 Å². The van der Waals surface area contributed by atoms with Gasteiger partial charge < -0.3 is 19.4 Å². The Labute approximate surface area is 273 Å². The number of nitriles is 1. The average Bonchev–Trinajstić information content (AvgIpc) is 3.71. The fourth-order valence-electron chi connectivity index (χ4n) is 5.67. The van der Waals surface area contributed by atoms with Crippen LogP contribution in [0, 0.1) is 29.0 Å². The van der Waals surface area contributed by atoms with Crippen LogP contribution in [0.1, 0.15) is 74.8 Å². The van der Waals surface area contributed by atoms with Crippen molar-refractivity contribution in [3.8, 4) is 40.5 Å². The molecule has 0 radical (unpaired) electrons. The summed E-state index contributed by atoms with van der Waals surface area (Å²) in [4.78, 5) is 28.6. The smallest absolute Gasteiger partial charge is 0.408 e. The Bertz CT molecular complexity index is 1900. The first-order valence-corrected chi connectivity index (χ1v) is 15.4. The number of halogens is 1. The van der Waals surface area contributed by atoms with Crippen LogP contribution in [0.5, 0.6) is 0 Å². The minimum Gasteiger partial charge on any atom is -0.444 e. The van der Waals surface area contributed by atoms with Gasteiger partial charge in [-0.1, -0.05) is 48.4 Å². The average molecular weight is 634 g/mol. The van der Waals surface area contributed by atoms with Gasteiger partial charge in [-0.2, -0.15) is 5.26 Å². The highest BCUT2D eigenvalue weighted by molar-refractivity contribution is 5.97. The fraction of sp³-hybridized carbons (Fsp3) is 0.324. The number of carbonyl (C=O) groups excluding carboxylic acids is 2. The second-order valence-electron chi connectivity index (χ2n) is 12.7. The summed E-state index contributed by atoms with van der Waals surface area (Å²) in [7, 11) is 0. The van der Waals surface area contributed by atoms with E-state index in [-0.39, 0.29) is 29.3 Å². The van der Waals surface area contributed by atoms with Crippen LogP contribution in [0.25, 0.3) is 22.6 Å². The number of benzene rings is 3. The van der Waals surface area contributed by atoms with Gasteiger partial charge in [0.2, 0.25) is 11.8 Å². The zero-order valence-electron chi connectivity index (χ0n) is 27.1. The van der Waals surface area contributed by atoms with E-state index in [9.17, 15) is 19.2 Å². The third kappa shape index (κ3) is 7.50. The molecular weight excluding hydrogens is 597 g/mol. The molecule has 2 atom stereocenters. The van der Waals surface area contributed by atoms with Crippen molar-refractivity contribution in [1.29, 1.82) is 5.26 Å². The molecule has 0 aliphatic carbocycles. The van der Waals surface area contributed by atoms with Crippen LogP contribution in [-0.4, -0.2) is 45.3 Å². The lowest BCUT2D eigenvalue weighted by Gasteiger charge is -2.29. The molecule has 0 bridgehead atoms. The molecule has 0 spiro atoms. The van der Waals surface area contributed by atoms with E-state index in [2.05, 4.69) is 27.4 Å². The molecule has 1 saturated heterocycles. The van der Waals surface area contributed by atoms with E-state index in [1.165, 1.54) is 12.1 Å². The maximum absolute atomic E-state index is 14.7. The number of hydrogen-bond acceptors (Lipinski definition) is 7. The quantitative estimate of drug-likeness (QED) is 0.217. The van der Waals surface area contributed by atoms with Crippen LogP contribution in [0.15, 0.2) is 71.1 Å². The fourth-order valence-corrected chi connectivity index (χ4v) is 5.67. The molecule has 4 aromatic rings. The molecule has 1 N–H and O–H groups in total. The summed E-state index contributed by atoms with van der Waals surface area (Å²) in [6.45, 7) is 9.36. The van der Waals surface area contributed by atoms with Crippen molar-refractivity contribution in [2.45, 2.75) is 71.1 Å². The highest BCUT2D eigenvalue weighted by atomic mass is 19.1. The zero-order valence-corrected chi connectivity index (χ0v) is 27.1. The molecule has 10 heteroatoms. The number of rotatable bonds is 7. The maximum atomic E-state index is 14.7. The molecule has 240 valence electrons. The van der Waals surface area contributed by atoms with Crippen molar-refractivity contribution < 1.29 is 23.1 Å². The van der Waals surface area contributed by atoms with Gasteiger partial charge in [0.05, 0.1) is 11.6 Å². The first-order chi connectivity index (χ1) is 22.4. The third-order valence-electron chi connectivity index (χ3n) is 7.76. The van der Waals surface area contributed by atoms with Crippen molar-refractivity contribution in [3.05, 3.63) is 95.1 Å². The summed E-state index contributed by atoms with van der Waals surface area (Å²) < 4.78 is 26.5. The largest absolute Gasteiger partial charge is 0.444 e. The summed E-state index contributed by atoms with van der Waals surface area (Å²) >= 11 is 0. The van der Waals surface area contributed by atoms with E-state index in [1.807, 2.05) is 36.4 Å². The number of likely N-dealkylation sites (tertiary alicyclic amines) is 1. The molecule has 1 aliphatic heterocycles. The van der Waals surface area contributed by atoms with E-state index >= 15 is 0 Å². The van der Waals surface area contributed by atoms with Gasteiger partial charge in [-0.3, -0.25) is 4.79 Å². The molecule has 2 amide bonds. The van der Waals surface area contributed by atoms with Crippen LogP contribution in [0.2, 0.25) is 0 Å². The van der Waals surface area contributed by atoms with Crippen molar-refractivity contribution >= 4 is 12.0 Å². The molecule has 1 aromatic heterocycles. The Morgan fingerprint density at radius 2 is 1.81 bits per heavy atom. The minimum atomic E-state index is -1.18. The monoisotopic (exact) mass is 633 g/mol. The van der Waals surface area contributed by atoms with Crippen LogP contribution < -0.4 is 5.32 Å². The lowest BCUT2D eigenvalue weighted by molar-refractivity contribution is 0.0443. The van der Waals surface area contributed by atoms with Crippen LogP contribution in [0.3, 0.4) is 0 Å². The molecule has 1 aliphatic rings. The molecule has 1 unspecified atom stereocenters. The predicted octanol–water partition coefficient (Wildman–Crippen LogP) is 7.02. The van der Waals surface area contributed by atoms with Crippen LogP contribution in [0.4, 0.5) is 9.18 Å². The van der Waals surface area contributed by atoms with E-state index in [0.717, 1.165) is 18.4 Å². The third-order valence-corrected chi connectivity index (χ3v) is 7.76. The predicted molar refractivity (Wildman–Crippen MR) is 174 cm³/mol. The number of carbonyl (C=O) groups is 2. The Morgan fingerprint density at radius 3 is 2.51 bits per heavy atom. The number of hydrogen-bond donors (Lipinski definition) is 1. The topological polar surface area (TPSA) is 121 Å². The zero-order chi connectivity index (χ0) is 33.8. The van der Waals surface area contributed by atoms with Gasteiger partial charge in [0, 0.05) is 29.7 Å². The van der Waals surface area contributed by atoms with Gasteiger partial charge in [0.1, 0.15) is 23.0 Å². The van der Waals surface area contributed by atoms with E-state index in [1.54, 1.807) is 63.8 Å². The lowest BCUT2D eigenvalue weighted by atomic mass is 9.92. The SMILES string of the molecule is CC#CC1CCCN1C(=O)c1cc(-c2nnc([C@@](C)(Cc3ccccc3)NC(=O)OC(C)(C)C)o2)cc(-c2cccc(F)c2C#N)c1. The molecule has 3 aromatic carbocycles. The molecule has 47 heavy (non-hydrogen) atoms. The number of amides is 2. The maximum Gasteiger partial charge on any atom is 0.408 e. The van der Waals surface area contributed by atoms with Gasteiger partial charge in [0.15, 0.2) is 0 Å². The van der Waals surface area contributed by atoms with Crippen LogP contribution >= 0.6 is 0 Å². The Kier molecular flexibility index (Phi) is 9.44. The highest BCUT2D eigenvalue weighted by Crippen LogP contribution is 2.34. The van der Waals surface area contributed by atoms with Crippen LogP contribution in [-0.2, 0) is 16.7 Å². The Hall–Kier alpha value is -5.48. The number of nitrogens with one attached hydrogen (secondary N) is 1. The van der Waals surface area contributed by atoms with E-state index in [0.29, 0.717) is 35.2 Å². The summed E-state index contributed by atoms with van der Waals surface area (Å²) in [6.07, 6.45) is 1.23. The second-order valence-corrected chi connectivity index (χ2v) is 12.7. The molecule has 9 nitrogen and oxygen atoms in total. The number of alkyl carbamates (subject to hydrolysis) is 1. The van der Waals surface area contributed by atoms with Gasteiger partial charge in [0.25, 0.3) is 5.91 Å². The molecule has 2 heterocycles. The van der Waals surface area contributed by atoms with Gasteiger partial charge >= 0.3 is 6.09 Å². The number of nitrogens with zero attached hydrogens (tertiary/aromatic N) is 4. The van der Waals surface area contributed by atoms with Gasteiger partial charge in [-0.05, 0) is 82.9 Å². The minimum absolute atomic E-state index is 0.0717. The number of aromatic nitrogens is 2. The Morgan fingerprint density at radius 1 is 1.06 bits per heavy atom. The normalized spacial score (nSPS) is 15.6. The van der Waals surface area contributed by atoms with Crippen molar-refractivity contribution in [2.24, 2.45) is 0 Å². The van der Waals surface area contributed by atoms with Crippen molar-refractivity contribution in [2.75, 3.05) is 6.54 Å². The van der Waals surface area contributed by atoms with E-state index < -0.39 is 23.1 Å². The standard InChI is InChI=1S/C37H36FN5O4/c1-6-12-28-15-11-18-43(28)33(44)27-20-25(29-16-10-17-31(38)30(29)23-39)19-26(21-27)32-41-42-34(46-32)37(5,22-24-13-8-7-9-14-24)40-35(45)47-36(2,3)4/h7-10,13-14,16-17,19-21,28H,11,15,18,22H2,1-5H3,(H,40,45)/t28?,37-/m1/s1. The summed E-state index contributed by atoms with van der Waals surface area (Å²) in [6, 6.07) is 20.5. The Balaban J connectivity index is 1.60. The summed E-state index contributed by atoms with van der Waals surface area (Å²) in [5.41, 5.74) is 0.269. The number of ether oxygens (including phenoxy) is 1. The lowest BCUT2D eigenvalue weighted by Crippen LogP contribution is -2.47. The first-order valence-electron chi connectivity index (χ1n) is 15.4. The summed E-state index contributed by atoms with van der Waals surface area (Å²) in [5, 5.41) is 21.3. The van der Waals surface area contributed by atoms with Gasteiger partial charge in [-0.25, -0.2) is 9.18 Å². The molecule has 5 rings (SSSR count). The summed E-state index contributed by atoms with van der Waals surface area (Å²) in [5.74, 6) is 5.27. The first kappa shape index (κ1) is 32.9. The van der Waals surface area contributed by atoms with E-state index in [4.69, 9.17) is 9.15 Å². The van der Waals surface area contributed by atoms with Crippen molar-refractivity contribution in [1.82, 2.24) is 20.4 Å². The molecular formula is C37H36FN5O4. The molecule has 1 fully saturated rings. The molecule has 0 saturated carbocycles.